The number of aryl methyl sites for hydroxylation is 2. The smallest absolute Gasteiger partial charge is 0.496 e. The summed E-state index contributed by atoms with van der Waals surface area (Å²) in [5.41, 5.74) is 10.0. The number of carbonyl (C=O) groups is 1. The van der Waals surface area contributed by atoms with Gasteiger partial charge in [0, 0.05) is 17.7 Å². The molecule has 0 aromatic heterocycles. The van der Waals surface area contributed by atoms with Gasteiger partial charge in [0.2, 0.25) is 5.91 Å². The standard InChI is InChI=1S/C15H20NO2.C9H9NO.K/c1-11-8-9-13(10-14(11)18-2)16-15(17)12-6-4-3-5-7-12;1-6-3-9(10)4-8(5-11)7(6)2;/h3,8-10,12H,4-7H2,1-2H3,(H,16,17);3-4H,2,10H2,1H3;/q-1;-2;+1. The normalized spacial score (nSPS) is 13.3. The fourth-order valence-electron chi connectivity index (χ4n) is 3.27. The number of nitrogens with two attached hydrogens (primary N) is 1. The molecule has 2 aromatic carbocycles. The quantitative estimate of drug-likeness (QED) is 0.436. The molecule has 0 aliphatic heterocycles. The summed E-state index contributed by atoms with van der Waals surface area (Å²) in [4.78, 5) is 22.4. The molecule has 1 aliphatic rings. The Labute approximate surface area is 222 Å². The van der Waals surface area contributed by atoms with Crippen molar-refractivity contribution in [2.75, 3.05) is 18.2 Å². The van der Waals surface area contributed by atoms with Crippen LogP contribution in [0.3, 0.4) is 0 Å². The first kappa shape index (κ1) is 26.7. The maximum absolute atomic E-state index is 12.1. The third kappa shape index (κ3) is 7.74. The molecular weight excluding hydrogens is 403 g/mol. The van der Waals surface area contributed by atoms with Crippen molar-refractivity contribution in [1.29, 1.82) is 0 Å². The second-order valence-corrected chi connectivity index (χ2v) is 7.28. The summed E-state index contributed by atoms with van der Waals surface area (Å²) >= 11 is 0. The molecule has 1 fully saturated rings. The average molecular weight is 433 g/mol. The van der Waals surface area contributed by atoms with Crippen LogP contribution in [0.4, 0.5) is 11.4 Å². The Hall–Kier alpha value is -1.31. The van der Waals surface area contributed by atoms with Crippen molar-refractivity contribution in [3.63, 3.8) is 0 Å². The van der Waals surface area contributed by atoms with E-state index in [1.807, 2.05) is 32.0 Å². The van der Waals surface area contributed by atoms with Crippen LogP contribution in [-0.2, 0) is 9.59 Å². The van der Waals surface area contributed by atoms with Crippen molar-refractivity contribution >= 4 is 23.6 Å². The third-order valence-corrected chi connectivity index (χ3v) is 5.09. The van der Waals surface area contributed by atoms with E-state index in [2.05, 4.69) is 18.7 Å². The van der Waals surface area contributed by atoms with Gasteiger partial charge in [0.15, 0.2) is 0 Å². The number of carbonyl (C=O) groups excluding carboxylic acids is 2. The van der Waals surface area contributed by atoms with Crippen LogP contribution in [-0.4, -0.2) is 19.3 Å². The van der Waals surface area contributed by atoms with E-state index in [1.54, 1.807) is 25.5 Å². The first-order valence-electron chi connectivity index (χ1n) is 9.73. The number of ether oxygens (including phenoxy) is 1. The summed E-state index contributed by atoms with van der Waals surface area (Å²) in [6.45, 7) is 7.56. The molecule has 1 amide bonds. The monoisotopic (exact) mass is 432 g/mol. The fourth-order valence-corrected chi connectivity index (χ4v) is 3.27. The summed E-state index contributed by atoms with van der Waals surface area (Å²) in [7, 11) is 1.64. The summed E-state index contributed by atoms with van der Waals surface area (Å²) in [6.07, 6.45) is 8.08. The molecule has 1 saturated carbocycles. The van der Waals surface area contributed by atoms with E-state index >= 15 is 0 Å². The van der Waals surface area contributed by atoms with Crippen molar-refractivity contribution in [3.8, 4) is 5.75 Å². The molecule has 0 unspecified atom stereocenters. The molecule has 2 aromatic rings. The Morgan fingerprint density at radius 2 is 1.87 bits per heavy atom. The van der Waals surface area contributed by atoms with Gasteiger partial charge in [0.1, 0.15) is 5.75 Å². The molecule has 6 heteroatoms. The van der Waals surface area contributed by atoms with Gasteiger partial charge in [0.05, 0.1) is 7.11 Å². The van der Waals surface area contributed by atoms with Crippen LogP contribution in [0.1, 0.15) is 47.9 Å². The molecule has 0 bridgehead atoms. The van der Waals surface area contributed by atoms with Crippen LogP contribution in [0.25, 0.3) is 0 Å². The fraction of sp³-hybridized carbons (Fsp3) is 0.333. The predicted molar refractivity (Wildman–Crippen MR) is 117 cm³/mol. The van der Waals surface area contributed by atoms with Gasteiger partial charge in [-0.1, -0.05) is 25.8 Å². The van der Waals surface area contributed by atoms with E-state index in [1.165, 1.54) is 0 Å². The molecule has 5 nitrogen and oxygen atoms in total. The van der Waals surface area contributed by atoms with Gasteiger partial charge >= 0.3 is 51.4 Å². The molecule has 3 rings (SSSR count). The van der Waals surface area contributed by atoms with Crippen LogP contribution in [0.5, 0.6) is 5.75 Å². The first-order valence-corrected chi connectivity index (χ1v) is 9.73. The minimum absolute atomic E-state index is 0. The largest absolute Gasteiger partial charge is 1.00 e. The van der Waals surface area contributed by atoms with Crippen LogP contribution in [0.2, 0.25) is 0 Å². The Morgan fingerprint density at radius 3 is 2.47 bits per heavy atom. The average Bonchev–Trinajstić information content (AvgIpc) is 2.73. The number of methoxy groups -OCH3 is 1. The van der Waals surface area contributed by atoms with Crippen LogP contribution < -0.4 is 67.2 Å². The maximum atomic E-state index is 12.1. The van der Waals surface area contributed by atoms with Gasteiger partial charge in [-0.25, -0.2) is 5.56 Å². The van der Waals surface area contributed by atoms with E-state index in [9.17, 15) is 9.59 Å². The SMILES string of the molecule is COc1cc(NC(=O)C2CC[CH-]CC2)ccc1C.[CH2-]c1c(C)cc(N)cc1[C-]=O.[K+]. The van der Waals surface area contributed by atoms with Gasteiger partial charge in [-0.2, -0.15) is 18.9 Å². The zero-order chi connectivity index (χ0) is 21.4. The second kappa shape index (κ2) is 13.2. The Kier molecular flexibility index (Phi) is 11.7. The molecule has 0 atom stereocenters. The van der Waals surface area contributed by atoms with Crippen molar-refractivity contribution in [2.45, 2.75) is 39.5 Å². The summed E-state index contributed by atoms with van der Waals surface area (Å²) in [5, 5.41) is 2.98. The summed E-state index contributed by atoms with van der Waals surface area (Å²) < 4.78 is 5.26. The molecule has 156 valence electrons. The number of hydrogen-bond acceptors (Lipinski definition) is 4. The van der Waals surface area contributed by atoms with Crippen LogP contribution >= 0.6 is 0 Å². The number of nitrogen functional groups attached to an aromatic ring is 1. The topological polar surface area (TPSA) is 81.4 Å². The van der Waals surface area contributed by atoms with Gasteiger partial charge in [-0.15, -0.1) is 6.07 Å². The summed E-state index contributed by atoms with van der Waals surface area (Å²) in [5.74, 6) is 1.10. The Morgan fingerprint density at radius 1 is 1.20 bits per heavy atom. The van der Waals surface area contributed by atoms with Crippen molar-refractivity contribution < 1.29 is 65.7 Å². The van der Waals surface area contributed by atoms with Crippen LogP contribution in [0.15, 0.2) is 30.3 Å². The van der Waals surface area contributed by atoms with E-state index in [4.69, 9.17) is 10.5 Å². The van der Waals surface area contributed by atoms with E-state index < -0.39 is 0 Å². The molecule has 30 heavy (non-hydrogen) atoms. The minimum atomic E-state index is 0. The number of benzene rings is 2. The van der Waals surface area contributed by atoms with Gasteiger partial charge in [-0.3, -0.25) is 22.8 Å². The van der Waals surface area contributed by atoms with Gasteiger partial charge in [-0.05, 0) is 30.5 Å². The molecule has 0 spiro atoms. The van der Waals surface area contributed by atoms with Crippen LogP contribution in [0, 0.1) is 33.1 Å². The number of rotatable bonds is 4. The minimum Gasteiger partial charge on any atom is -0.496 e. The Bertz CT molecular complexity index is 862. The van der Waals surface area contributed by atoms with Gasteiger partial charge in [0.25, 0.3) is 0 Å². The molecule has 1 aliphatic carbocycles. The van der Waals surface area contributed by atoms with Crippen molar-refractivity contribution in [1.82, 2.24) is 0 Å². The maximum Gasteiger partial charge on any atom is 1.00 e. The molecule has 0 radical (unpaired) electrons. The third-order valence-electron chi connectivity index (χ3n) is 5.09. The number of amides is 1. The number of nitrogens with one attached hydrogen (secondary N) is 1. The molecule has 0 heterocycles. The Balaban J connectivity index is 0.000000324. The van der Waals surface area contributed by atoms with E-state index in [0.717, 1.165) is 48.2 Å². The van der Waals surface area contributed by atoms with Crippen molar-refractivity contribution in [2.24, 2.45) is 5.92 Å². The number of anilines is 2. The molecule has 0 saturated heterocycles. The van der Waals surface area contributed by atoms with Gasteiger partial charge < -0.3 is 27.0 Å². The second-order valence-electron chi connectivity index (χ2n) is 7.28. The zero-order valence-corrected chi connectivity index (χ0v) is 21.5. The van der Waals surface area contributed by atoms with E-state index in [-0.39, 0.29) is 63.2 Å². The summed E-state index contributed by atoms with van der Waals surface area (Å²) in [6, 6.07) is 9.11. The molecule has 3 N–H and O–H groups in total. The zero-order valence-electron chi connectivity index (χ0n) is 18.4. The van der Waals surface area contributed by atoms with E-state index in [0.29, 0.717) is 16.8 Å². The van der Waals surface area contributed by atoms with Crippen molar-refractivity contribution in [3.05, 3.63) is 65.9 Å². The molecular formula is C24H29KN2O3-2. The number of hydrogen-bond donors (Lipinski definition) is 2. The predicted octanol–water partition coefficient (Wildman–Crippen LogP) is 1.56. The first-order chi connectivity index (χ1) is 13.8.